The molecule has 0 heterocycles. The molecule has 0 saturated heterocycles. The van der Waals surface area contributed by atoms with Gasteiger partial charge < -0.3 is 0 Å². The highest BCUT2D eigenvalue weighted by atomic mass is 32.2. The van der Waals surface area contributed by atoms with E-state index in [9.17, 15) is 4.79 Å². The summed E-state index contributed by atoms with van der Waals surface area (Å²) in [6.07, 6.45) is 0.360. The van der Waals surface area contributed by atoms with E-state index in [0.717, 1.165) is 11.5 Å². The Morgan fingerprint density at radius 3 is 2.61 bits per heavy atom. The molecule has 0 fully saturated rings. The van der Waals surface area contributed by atoms with Crippen molar-refractivity contribution in [3.05, 3.63) is 35.9 Å². The van der Waals surface area contributed by atoms with Crippen LogP contribution in [0.5, 0.6) is 0 Å². The SMILES string of the molecule is CC(=O)C/C(C)=N\NC(=S)SCc1ccccc1. The number of nitrogens with one attached hydrogen (secondary N) is 1. The first-order chi connectivity index (χ1) is 8.58. The molecule has 0 unspecified atom stereocenters. The third kappa shape index (κ3) is 6.51. The number of thioether (sulfide) groups is 1. The molecule has 1 N–H and O–H groups in total. The summed E-state index contributed by atoms with van der Waals surface area (Å²) >= 11 is 6.66. The van der Waals surface area contributed by atoms with Gasteiger partial charge in [-0.2, -0.15) is 5.10 Å². The number of ketones is 1. The van der Waals surface area contributed by atoms with Gasteiger partial charge >= 0.3 is 0 Å². The van der Waals surface area contributed by atoms with Gasteiger partial charge in [0.25, 0.3) is 0 Å². The van der Waals surface area contributed by atoms with Crippen LogP contribution in [0.15, 0.2) is 35.4 Å². The van der Waals surface area contributed by atoms with E-state index in [1.165, 1.54) is 17.3 Å². The molecule has 0 aliphatic rings. The van der Waals surface area contributed by atoms with E-state index in [1.54, 1.807) is 13.8 Å². The molecule has 1 aromatic rings. The fourth-order valence-electron chi connectivity index (χ4n) is 1.30. The third-order valence-electron chi connectivity index (χ3n) is 2.06. The zero-order chi connectivity index (χ0) is 13.4. The van der Waals surface area contributed by atoms with Gasteiger partial charge in [0.1, 0.15) is 5.78 Å². The van der Waals surface area contributed by atoms with E-state index < -0.39 is 0 Å². The minimum absolute atomic E-state index is 0.0981. The standard InChI is InChI=1S/C13H16N2OS2/c1-10(8-11(2)16)14-15-13(17)18-9-12-6-4-3-5-7-12/h3-7H,8-9H2,1-2H3,(H,15,17)/b14-10-. The maximum atomic E-state index is 10.9. The smallest absolute Gasteiger partial charge is 0.154 e. The van der Waals surface area contributed by atoms with Crippen LogP contribution < -0.4 is 5.43 Å². The molecule has 0 amide bonds. The summed E-state index contributed by atoms with van der Waals surface area (Å²) in [7, 11) is 0. The molecule has 1 rings (SSSR count). The number of hydrogen-bond donors (Lipinski definition) is 1. The second kappa shape index (κ2) is 8.00. The topological polar surface area (TPSA) is 41.5 Å². The summed E-state index contributed by atoms with van der Waals surface area (Å²) in [6.45, 7) is 3.35. The summed E-state index contributed by atoms with van der Waals surface area (Å²) in [5.74, 6) is 0.912. The Labute approximate surface area is 117 Å². The monoisotopic (exact) mass is 280 g/mol. The van der Waals surface area contributed by atoms with Crippen molar-refractivity contribution in [2.45, 2.75) is 26.0 Å². The van der Waals surface area contributed by atoms with Gasteiger partial charge in [0, 0.05) is 17.9 Å². The van der Waals surface area contributed by atoms with E-state index >= 15 is 0 Å². The molecule has 0 atom stereocenters. The number of hydrazone groups is 1. The van der Waals surface area contributed by atoms with Crippen LogP contribution in [0.25, 0.3) is 0 Å². The van der Waals surface area contributed by atoms with Gasteiger partial charge in [-0.3, -0.25) is 10.2 Å². The molecule has 0 aromatic heterocycles. The van der Waals surface area contributed by atoms with Crippen molar-refractivity contribution in [2.24, 2.45) is 5.10 Å². The Morgan fingerprint density at radius 1 is 1.33 bits per heavy atom. The Kier molecular flexibility index (Phi) is 6.60. The number of carbonyl (C=O) groups is 1. The van der Waals surface area contributed by atoms with Crippen molar-refractivity contribution in [3.8, 4) is 0 Å². The summed E-state index contributed by atoms with van der Waals surface area (Å²) in [6, 6.07) is 10.1. The van der Waals surface area contributed by atoms with Crippen molar-refractivity contribution in [1.29, 1.82) is 0 Å². The van der Waals surface area contributed by atoms with Crippen LogP contribution in [0, 0.1) is 0 Å². The molecular formula is C13H16N2OS2. The van der Waals surface area contributed by atoms with E-state index in [-0.39, 0.29) is 5.78 Å². The summed E-state index contributed by atoms with van der Waals surface area (Å²) < 4.78 is 0.613. The lowest BCUT2D eigenvalue weighted by molar-refractivity contribution is -0.115. The quantitative estimate of drug-likeness (QED) is 0.511. The zero-order valence-electron chi connectivity index (χ0n) is 10.5. The first-order valence-electron chi connectivity index (χ1n) is 5.57. The Balaban J connectivity index is 2.32. The largest absolute Gasteiger partial charge is 0.300 e. The van der Waals surface area contributed by atoms with Crippen LogP contribution in [-0.2, 0) is 10.5 Å². The fourth-order valence-corrected chi connectivity index (χ4v) is 2.12. The van der Waals surface area contributed by atoms with Crippen LogP contribution in [0.2, 0.25) is 0 Å². The lowest BCUT2D eigenvalue weighted by Gasteiger charge is -2.04. The normalized spacial score (nSPS) is 11.1. The first-order valence-corrected chi connectivity index (χ1v) is 6.96. The maximum absolute atomic E-state index is 10.9. The van der Waals surface area contributed by atoms with Gasteiger partial charge in [0.05, 0.1) is 0 Å². The van der Waals surface area contributed by atoms with E-state index in [0.29, 0.717) is 10.7 Å². The van der Waals surface area contributed by atoms with Crippen molar-refractivity contribution in [3.63, 3.8) is 0 Å². The van der Waals surface area contributed by atoms with Crippen LogP contribution >= 0.6 is 24.0 Å². The van der Waals surface area contributed by atoms with Gasteiger partial charge in [0.2, 0.25) is 0 Å². The van der Waals surface area contributed by atoms with E-state index in [1.807, 2.05) is 18.2 Å². The number of Topliss-reactive ketones (excluding diaryl/α,β-unsaturated/α-hetero) is 1. The molecule has 0 bridgehead atoms. The Morgan fingerprint density at radius 2 is 2.00 bits per heavy atom. The lowest BCUT2D eigenvalue weighted by atomic mass is 10.2. The summed E-state index contributed by atoms with van der Waals surface area (Å²) in [4.78, 5) is 10.9. The van der Waals surface area contributed by atoms with Gasteiger partial charge in [-0.1, -0.05) is 54.3 Å². The van der Waals surface area contributed by atoms with Crippen molar-refractivity contribution in [2.75, 3.05) is 0 Å². The van der Waals surface area contributed by atoms with Gasteiger partial charge in [0.15, 0.2) is 4.32 Å². The van der Waals surface area contributed by atoms with Crippen LogP contribution in [0.4, 0.5) is 0 Å². The molecule has 5 heteroatoms. The molecule has 0 saturated carbocycles. The average Bonchev–Trinajstić information content (AvgIpc) is 2.34. The second-order valence-corrected chi connectivity index (χ2v) is 5.55. The summed E-state index contributed by atoms with van der Waals surface area (Å²) in [5, 5.41) is 4.06. The predicted octanol–water partition coefficient (Wildman–Crippen LogP) is 3.15. The second-order valence-electron chi connectivity index (χ2n) is 3.90. The molecule has 1 aromatic carbocycles. The molecular weight excluding hydrogens is 264 g/mol. The highest BCUT2D eigenvalue weighted by molar-refractivity contribution is 8.22. The average molecular weight is 280 g/mol. The maximum Gasteiger partial charge on any atom is 0.154 e. The molecule has 0 aliphatic carbocycles. The number of rotatable bonds is 5. The first kappa shape index (κ1) is 14.9. The third-order valence-corrected chi connectivity index (χ3v) is 3.33. The van der Waals surface area contributed by atoms with E-state index in [2.05, 4.69) is 22.7 Å². The summed E-state index contributed by atoms with van der Waals surface area (Å²) in [5.41, 5.74) is 4.75. The van der Waals surface area contributed by atoms with Crippen molar-refractivity contribution in [1.82, 2.24) is 5.43 Å². The van der Waals surface area contributed by atoms with Gasteiger partial charge in [-0.25, -0.2) is 0 Å². The fraction of sp³-hybridized carbons (Fsp3) is 0.308. The van der Waals surface area contributed by atoms with E-state index in [4.69, 9.17) is 12.2 Å². The highest BCUT2D eigenvalue weighted by Gasteiger charge is 2.00. The van der Waals surface area contributed by atoms with Gasteiger partial charge in [-0.05, 0) is 19.4 Å². The predicted molar refractivity (Wildman–Crippen MR) is 81.9 cm³/mol. The molecule has 0 radical (unpaired) electrons. The number of benzene rings is 1. The van der Waals surface area contributed by atoms with Crippen molar-refractivity contribution >= 4 is 39.8 Å². The zero-order valence-corrected chi connectivity index (χ0v) is 12.1. The Bertz CT molecular complexity index is 444. The molecule has 96 valence electrons. The molecule has 3 nitrogen and oxygen atoms in total. The molecule has 0 spiro atoms. The van der Waals surface area contributed by atoms with Crippen LogP contribution in [0.3, 0.4) is 0 Å². The number of thiocarbonyl (C=S) groups is 1. The minimum Gasteiger partial charge on any atom is -0.300 e. The minimum atomic E-state index is 0.0981. The Hall–Kier alpha value is -1.20. The number of carbonyl (C=O) groups excluding carboxylic acids is 1. The number of nitrogens with zero attached hydrogens (tertiary/aromatic N) is 1. The molecule has 0 aliphatic heterocycles. The number of hydrogen-bond acceptors (Lipinski definition) is 4. The molecule has 18 heavy (non-hydrogen) atoms. The van der Waals surface area contributed by atoms with Crippen LogP contribution in [0.1, 0.15) is 25.8 Å². The highest BCUT2D eigenvalue weighted by Crippen LogP contribution is 2.12. The van der Waals surface area contributed by atoms with Crippen molar-refractivity contribution < 1.29 is 4.79 Å². The van der Waals surface area contributed by atoms with Crippen LogP contribution in [-0.4, -0.2) is 15.8 Å². The van der Waals surface area contributed by atoms with Gasteiger partial charge in [-0.15, -0.1) is 0 Å². The lowest BCUT2D eigenvalue weighted by Crippen LogP contribution is -2.14.